The summed E-state index contributed by atoms with van der Waals surface area (Å²) in [4.78, 5) is 25.6. The Bertz CT molecular complexity index is 1120. The topological polar surface area (TPSA) is 71.1 Å². The van der Waals surface area contributed by atoms with E-state index in [1.807, 2.05) is 50.2 Å². The fourth-order valence-corrected chi connectivity index (χ4v) is 4.78. The Kier molecular flexibility index (Phi) is 11.7. The smallest absolute Gasteiger partial charge is 0.434 e. The Morgan fingerprint density at radius 1 is 0.579 bits per heavy atom. The molecule has 0 aliphatic heterocycles. The maximum Gasteiger partial charge on any atom is 0.513 e. The third-order valence-electron chi connectivity index (χ3n) is 6.81. The van der Waals surface area contributed by atoms with E-state index in [0.717, 1.165) is 73.3 Å². The fraction of sp³-hybridized carbons (Fsp3) is 0.500. The molecule has 6 nitrogen and oxygen atoms in total. The lowest BCUT2D eigenvalue weighted by atomic mass is 9.93. The van der Waals surface area contributed by atoms with E-state index in [2.05, 4.69) is 13.8 Å². The Morgan fingerprint density at radius 2 is 1.00 bits per heavy atom. The van der Waals surface area contributed by atoms with E-state index >= 15 is 0 Å². The van der Waals surface area contributed by atoms with Crippen LogP contribution in [0.15, 0.2) is 36.4 Å². The molecule has 0 amide bonds. The SMILES string of the molecule is CCCCCCOC(=O)Oc1c2cccc(CC)c2c(OC(=O)OCCCCCC)c2cccc(CC)c12. The zero-order valence-corrected chi connectivity index (χ0v) is 23.4. The highest BCUT2D eigenvalue weighted by molar-refractivity contribution is 6.14. The van der Waals surface area contributed by atoms with Gasteiger partial charge in [-0.2, -0.15) is 0 Å². The van der Waals surface area contributed by atoms with Gasteiger partial charge >= 0.3 is 12.3 Å². The molecule has 0 radical (unpaired) electrons. The van der Waals surface area contributed by atoms with Crippen LogP contribution in [0.3, 0.4) is 0 Å². The molecular formula is C32H42O6. The molecule has 0 spiro atoms. The first-order valence-corrected chi connectivity index (χ1v) is 14.2. The summed E-state index contributed by atoms with van der Waals surface area (Å²) in [6.45, 7) is 9.01. The maximum absolute atomic E-state index is 12.8. The van der Waals surface area contributed by atoms with Crippen LogP contribution in [-0.2, 0) is 22.3 Å². The van der Waals surface area contributed by atoms with E-state index in [9.17, 15) is 9.59 Å². The molecule has 0 aromatic heterocycles. The number of hydrogen-bond acceptors (Lipinski definition) is 6. The standard InChI is InChI=1S/C32H42O6/c1-5-9-11-13-21-35-31(33)37-29-25-19-15-18-24(8-4)28(25)30(26-20-16-17-23(7-3)27(26)29)38-32(34)36-22-14-12-10-6-2/h15-20H,5-14,21-22H2,1-4H3. The predicted molar refractivity (Wildman–Crippen MR) is 152 cm³/mol. The second-order valence-electron chi connectivity index (χ2n) is 9.57. The molecule has 0 heterocycles. The van der Waals surface area contributed by atoms with Crippen molar-refractivity contribution in [3.63, 3.8) is 0 Å². The normalized spacial score (nSPS) is 11.1. The molecular weight excluding hydrogens is 480 g/mol. The largest absolute Gasteiger partial charge is 0.513 e. The Labute approximate surface area is 226 Å². The van der Waals surface area contributed by atoms with E-state index < -0.39 is 12.3 Å². The van der Waals surface area contributed by atoms with Crippen LogP contribution in [0, 0.1) is 0 Å². The monoisotopic (exact) mass is 522 g/mol. The number of carbonyl (C=O) groups is 2. The molecule has 206 valence electrons. The highest BCUT2D eigenvalue weighted by Gasteiger charge is 2.24. The second kappa shape index (κ2) is 15.2. The van der Waals surface area contributed by atoms with Gasteiger partial charge in [0.1, 0.15) is 0 Å². The van der Waals surface area contributed by atoms with Crippen molar-refractivity contribution in [1.82, 2.24) is 0 Å². The van der Waals surface area contributed by atoms with E-state index in [-0.39, 0.29) is 0 Å². The van der Waals surface area contributed by atoms with Gasteiger partial charge < -0.3 is 18.9 Å². The maximum atomic E-state index is 12.8. The lowest BCUT2D eigenvalue weighted by Crippen LogP contribution is -2.14. The molecule has 0 aliphatic carbocycles. The summed E-state index contributed by atoms with van der Waals surface area (Å²) in [6.07, 6.45) is 8.04. The van der Waals surface area contributed by atoms with Crippen molar-refractivity contribution in [1.29, 1.82) is 0 Å². The van der Waals surface area contributed by atoms with Gasteiger partial charge in [0.25, 0.3) is 0 Å². The van der Waals surface area contributed by atoms with Gasteiger partial charge in [0.15, 0.2) is 11.5 Å². The van der Waals surface area contributed by atoms with Crippen molar-refractivity contribution in [2.75, 3.05) is 13.2 Å². The molecule has 3 aromatic rings. The van der Waals surface area contributed by atoms with Crippen molar-refractivity contribution in [3.05, 3.63) is 47.5 Å². The summed E-state index contributed by atoms with van der Waals surface area (Å²) < 4.78 is 22.7. The molecule has 0 fully saturated rings. The number of benzene rings is 3. The van der Waals surface area contributed by atoms with Crippen LogP contribution in [0.25, 0.3) is 21.5 Å². The zero-order chi connectivity index (χ0) is 27.3. The van der Waals surface area contributed by atoms with Crippen molar-refractivity contribution in [2.45, 2.75) is 91.9 Å². The number of carbonyl (C=O) groups excluding carboxylic acids is 2. The van der Waals surface area contributed by atoms with Crippen LogP contribution in [0.4, 0.5) is 9.59 Å². The summed E-state index contributed by atoms with van der Waals surface area (Å²) in [7, 11) is 0. The van der Waals surface area contributed by atoms with E-state index in [0.29, 0.717) is 48.3 Å². The molecule has 0 saturated carbocycles. The van der Waals surface area contributed by atoms with Crippen LogP contribution >= 0.6 is 0 Å². The molecule has 6 heteroatoms. The molecule has 38 heavy (non-hydrogen) atoms. The highest BCUT2D eigenvalue weighted by Crippen LogP contribution is 2.46. The Balaban J connectivity index is 2.04. The van der Waals surface area contributed by atoms with E-state index in [1.165, 1.54) is 0 Å². The van der Waals surface area contributed by atoms with Crippen LogP contribution in [0.1, 0.15) is 90.2 Å². The van der Waals surface area contributed by atoms with Gasteiger partial charge in [-0.05, 0) is 36.8 Å². The molecule has 0 aliphatic rings. The minimum Gasteiger partial charge on any atom is -0.434 e. The minimum absolute atomic E-state index is 0.320. The van der Waals surface area contributed by atoms with Crippen LogP contribution in [0.2, 0.25) is 0 Å². The number of fused-ring (bicyclic) bond motifs is 2. The summed E-state index contributed by atoms with van der Waals surface area (Å²) in [5.74, 6) is 0.864. The quantitative estimate of drug-likeness (QED) is 0.0909. The summed E-state index contributed by atoms with van der Waals surface area (Å²) in [6, 6.07) is 11.6. The lowest BCUT2D eigenvalue weighted by molar-refractivity contribution is 0.0965. The van der Waals surface area contributed by atoms with Crippen molar-refractivity contribution in [2.24, 2.45) is 0 Å². The van der Waals surface area contributed by atoms with Crippen LogP contribution in [-0.4, -0.2) is 25.5 Å². The van der Waals surface area contributed by atoms with Gasteiger partial charge in [-0.25, -0.2) is 9.59 Å². The molecule has 3 rings (SSSR count). The lowest BCUT2D eigenvalue weighted by Gasteiger charge is -2.19. The summed E-state index contributed by atoms with van der Waals surface area (Å²) in [5, 5.41) is 2.88. The van der Waals surface area contributed by atoms with Crippen LogP contribution < -0.4 is 9.47 Å². The van der Waals surface area contributed by atoms with E-state index in [1.54, 1.807) is 0 Å². The number of ether oxygens (including phenoxy) is 4. The average molecular weight is 523 g/mol. The first-order valence-electron chi connectivity index (χ1n) is 14.2. The highest BCUT2D eigenvalue weighted by atomic mass is 16.7. The zero-order valence-electron chi connectivity index (χ0n) is 23.4. The van der Waals surface area contributed by atoms with Gasteiger partial charge in [-0.3, -0.25) is 0 Å². The average Bonchev–Trinajstić information content (AvgIpc) is 2.93. The van der Waals surface area contributed by atoms with Gasteiger partial charge in [-0.15, -0.1) is 0 Å². The number of hydrogen-bond donors (Lipinski definition) is 0. The fourth-order valence-electron chi connectivity index (χ4n) is 4.78. The molecule has 3 aromatic carbocycles. The molecule has 0 atom stereocenters. The number of aryl methyl sites for hydroxylation is 2. The molecule has 0 N–H and O–H groups in total. The second-order valence-corrected chi connectivity index (χ2v) is 9.57. The van der Waals surface area contributed by atoms with Gasteiger partial charge in [0.2, 0.25) is 0 Å². The summed E-state index contributed by atoms with van der Waals surface area (Å²) in [5.41, 5.74) is 1.96. The van der Waals surface area contributed by atoms with Crippen molar-refractivity contribution < 1.29 is 28.5 Å². The number of unbranched alkanes of at least 4 members (excludes halogenated alkanes) is 6. The third kappa shape index (κ3) is 7.40. The Hall–Kier alpha value is -3.28. The van der Waals surface area contributed by atoms with Crippen molar-refractivity contribution in [3.8, 4) is 11.5 Å². The Morgan fingerprint density at radius 3 is 1.37 bits per heavy atom. The molecule has 0 saturated heterocycles. The van der Waals surface area contributed by atoms with Gasteiger partial charge in [0.05, 0.1) is 13.2 Å². The third-order valence-corrected chi connectivity index (χ3v) is 6.81. The first-order chi connectivity index (χ1) is 18.5. The minimum atomic E-state index is -0.725. The summed E-state index contributed by atoms with van der Waals surface area (Å²) >= 11 is 0. The van der Waals surface area contributed by atoms with Gasteiger partial charge in [-0.1, -0.05) is 103 Å². The predicted octanol–water partition coefficient (Wildman–Crippen LogP) is 9.31. The van der Waals surface area contributed by atoms with Crippen LogP contribution in [0.5, 0.6) is 11.5 Å². The molecule has 0 unspecified atom stereocenters. The van der Waals surface area contributed by atoms with E-state index in [4.69, 9.17) is 18.9 Å². The molecule has 0 bridgehead atoms. The van der Waals surface area contributed by atoms with Crippen molar-refractivity contribution >= 4 is 33.9 Å². The first kappa shape index (κ1) is 29.3. The number of rotatable bonds is 14. The van der Waals surface area contributed by atoms with Gasteiger partial charge in [0, 0.05) is 21.5 Å².